The SMILES string of the molecule is O=[N+]([O-])c1ccc(C(F)F)c(S(=O)(=O)Cl)c1OC(F)F. The summed E-state index contributed by atoms with van der Waals surface area (Å²) >= 11 is 0. The first-order valence-electron chi connectivity index (χ1n) is 4.54. The standard InChI is InChI=1S/C8H4ClF4NO5S/c9-20(17,18)6-3(7(10)11)1-2-4(14(15)16)5(6)19-8(12)13/h1-2,7-8H. The summed E-state index contributed by atoms with van der Waals surface area (Å²) in [5, 5.41) is 10.6. The smallest absolute Gasteiger partial charge is 0.387 e. The molecule has 0 saturated carbocycles. The van der Waals surface area contributed by atoms with E-state index in [1.54, 1.807) is 0 Å². The van der Waals surface area contributed by atoms with Gasteiger partial charge in [0.05, 0.1) is 4.92 Å². The number of rotatable bonds is 5. The Balaban J connectivity index is 3.78. The Bertz CT molecular complexity index is 636. The summed E-state index contributed by atoms with van der Waals surface area (Å²) in [7, 11) is -0.117. The number of nitrogens with zero attached hydrogens (tertiary/aromatic N) is 1. The van der Waals surface area contributed by atoms with E-state index < -0.39 is 48.9 Å². The van der Waals surface area contributed by atoms with E-state index >= 15 is 0 Å². The second-order valence-corrected chi connectivity index (χ2v) is 5.71. The third-order valence-corrected chi connectivity index (χ3v) is 3.38. The van der Waals surface area contributed by atoms with Crippen molar-refractivity contribution in [2.24, 2.45) is 0 Å². The third kappa shape index (κ3) is 3.48. The molecule has 0 spiro atoms. The molecule has 0 bridgehead atoms. The van der Waals surface area contributed by atoms with E-state index in [4.69, 9.17) is 10.7 Å². The number of hydrogen-bond donors (Lipinski definition) is 0. The number of benzene rings is 1. The molecule has 0 unspecified atom stereocenters. The fraction of sp³-hybridized carbons (Fsp3) is 0.250. The van der Waals surface area contributed by atoms with Gasteiger partial charge in [0.25, 0.3) is 15.5 Å². The van der Waals surface area contributed by atoms with Gasteiger partial charge < -0.3 is 4.74 Å². The molecule has 112 valence electrons. The topological polar surface area (TPSA) is 86.5 Å². The molecule has 6 nitrogen and oxygen atoms in total. The molecular formula is C8H4ClF4NO5S. The molecule has 0 saturated heterocycles. The van der Waals surface area contributed by atoms with Gasteiger partial charge >= 0.3 is 12.3 Å². The molecule has 1 aromatic rings. The maximum absolute atomic E-state index is 12.7. The largest absolute Gasteiger partial charge is 0.426 e. The molecular weight excluding hydrogens is 334 g/mol. The van der Waals surface area contributed by atoms with Gasteiger partial charge in [0.2, 0.25) is 5.75 Å². The molecule has 0 aliphatic carbocycles. The fourth-order valence-corrected chi connectivity index (χ4v) is 2.63. The average Bonchev–Trinajstić information content (AvgIpc) is 2.25. The molecule has 0 N–H and O–H groups in total. The van der Waals surface area contributed by atoms with Crippen LogP contribution in [0.1, 0.15) is 12.0 Å². The molecule has 0 radical (unpaired) electrons. The Hall–Kier alpha value is -1.62. The van der Waals surface area contributed by atoms with E-state index in [-0.39, 0.29) is 0 Å². The number of alkyl halides is 4. The van der Waals surface area contributed by atoms with E-state index in [0.29, 0.717) is 12.1 Å². The lowest BCUT2D eigenvalue weighted by Gasteiger charge is -2.12. The molecule has 0 atom stereocenters. The highest BCUT2D eigenvalue weighted by molar-refractivity contribution is 8.13. The number of nitro groups is 1. The van der Waals surface area contributed by atoms with Crippen molar-refractivity contribution in [3.63, 3.8) is 0 Å². The lowest BCUT2D eigenvalue weighted by atomic mass is 10.2. The van der Waals surface area contributed by atoms with Crippen molar-refractivity contribution >= 4 is 25.4 Å². The zero-order chi connectivity index (χ0) is 15.7. The third-order valence-electron chi connectivity index (χ3n) is 2.00. The van der Waals surface area contributed by atoms with Gasteiger partial charge in [-0.1, -0.05) is 0 Å². The van der Waals surface area contributed by atoms with Gasteiger partial charge in [-0.15, -0.1) is 0 Å². The quantitative estimate of drug-likeness (QED) is 0.357. The second kappa shape index (κ2) is 5.79. The number of hydrogen-bond acceptors (Lipinski definition) is 5. The van der Waals surface area contributed by atoms with Crippen LogP contribution in [0.4, 0.5) is 23.2 Å². The fourth-order valence-electron chi connectivity index (χ4n) is 1.34. The lowest BCUT2D eigenvalue weighted by Crippen LogP contribution is -2.10. The maximum Gasteiger partial charge on any atom is 0.387 e. The first-order valence-corrected chi connectivity index (χ1v) is 6.85. The Morgan fingerprint density at radius 3 is 2.15 bits per heavy atom. The van der Waals surface area contributed by atoms with Crippen LogP contribution in [0.15, 0.2) is 17.0 Å². The second-order valence-electron chi connectivity index (χ2n) is 3.21. The summed E-state index contributed by atoms with van der Waals surface area (Å²) in [6, 6.07) is 0.821. The Morgan fingerprint density at radius 1 is 1.25 bits per heavy atom. The molecule has 0 heterocycles. The van der Waals surface area contributed by atoms with Crippen LogP contribution < -0.4 is 4.74 Å². The summed E-state index contributed by atoms with van der Waals surface area (Å²) in [6.07, 6.45) is -3.42. The van der Waals surface area contributed by atoms with Crippen molar-refractivity contribution < 1.29 is 35.6 Å². The van der Waals surface area contributed by atoms with Crippen molar-refractivity contribution in [1.82, 2.24) is 0 Å². The van der Waals surface area contributed by atoms with Gasteiger partial charge in [-0.05, 0) is 6.07 Å². The van der Waals surface area contributed by atoms with Crippen LogP contribution in [0.25, 0.3) is 0 Å². The van der Waals surface area contributed by atoms with Gasteiger partial charge in [0, 0.05) is 22.3 Å². The minimum Gasteiger partial charge on any atom is -0.426 e. The summed E-state index contributed by atoms with van der Waals surface area (Å²) < 4.78 is 75.9. The summed E-state index contributed by atoms with van der Waals surface area (Å²) in [6.45, 7) is -3.67. The van der Waals surface area contributed by atoms with Crippen molar-refractivity contribution in [3.05, 3.63) is 27.8 Å². The summed E-state index contributed by atoms with van der Waals surface area (Å²) in [4.78, 5) is 7.80. The molecule has 1 rings (SSSR count). The Morgan fingerprint density at radius 2 is 1.80 bits per heavy atom. The number of nitro benzene ring substituents is 1. The minimum absolute atomic E-state index is 0.399. The summed E-state index contributed by atoms with van der Waals surface area (Å²) in [5.41, 5.74) is -2.50. The van der Waals surface area contributed by atoms with Crippen molar-refractivity contribution in [3.8, 4) is 5.75 Å². The van der Waals surface area contributed by atoms with Crippen LogP contribution in [-0.4, -0.2) is 20.0 Å². The van der Waals surface area contributed by atoms with E-state index in [1.807, 2.05) is 0 Å². The zero-order valence-electron chi connectivity index (χ0n) is 9.10. The van der Waals surface area contributed by atoms with E-state index in [9.17, 15) is 36.1 Å². The first-order chi connectivity index (χ1) is 9.05. The Labute approximate surface area is 113 Å². The molecule has 12 heteroatoms. The molecule has 0 amide bonds. The average molecular weight is 338 g/mol. The van der Waals surface area contributed by atoms with Gasteiger partial charge in [-0.2, -0.15) is 8.78 Å². The van der Waals surface area contributed by atoms with E-state index in [2.05, 4.69) is 4.74 Å². The van der Waals surface area contributed by atoms with Crippen molar-refractivity contribution in [1.29, 1.82) is 0 Å². The highest BCUT2D eigenvalue weighted by Gasteiger charge is 2.34. The molecule has 20 heavy (non-hydrogen) atoms. The summed E-state index contributed by atoms with van der Waals surface area (Å²) in [5.74, 6) is -1.53. The number of ether oxygens (including phenoxy) is 1. The molecule has 0 fully saturated rings. The van der Waals surface area contributed by atoms with Crippen molar-refractivity contribution in [2.45, 2.75) is 17.9 Å². The predicted molar refractivity (Wildman–Crippen MR) is 57.7 cm³/mol. The Kier molecular flexibility index (Phi) is 4.76. The van der Waals surface area contributed by atoms with Crippen LogP contribution in [0, 0.1) is 10.1 Å². The van der Waals surface area contributed by atoms with Crippen molar-refractivity contribution in [2.75, 3.05) is 0 Å². The molecule has 0 aromatic heterocycles. The lowest BCUT2D eigenvalue weighted by molar-refractivity contribution is -0.386. The monoisotopic (exact) mass is 337 g/mol. The maximum atomic E-state index is 12.7. The highest BCUT2D eigenvalue weighted by atomic mass is 35.7. The van der Waals surface area contributed by atoms with Crippen LogP contribution in [0.5, 0.6) is 5.75 Å². The van der Waals surface area contributed by atoms with Crippen LogP contribution in [0.3, 0.4) is 0 Å². The van der Waals surface area contributed by atoms with E-state index in [0.717, 1.165) is 0 Å². The first kappa shape index (κ1) is 16.4. The zero-order valence-corrected chi connectivity index (χ0v) is 10.7. The van der Waals surface area contributed by atoms with Gasteiger partial charge in [-0.25, -0.2) is 17.2 Å². The van der Waals surface area contributed by atoms with Gasteiger partial charge in [0.15, 0.2) is 0 Å². The molecule has 0 aliphatic rings. The van der Waals surface area contributed by atoms with Crippen LogP contribution >= 0.6 is 10.7 Å². The minimum atomic E-state index is -4.98. The van der Waals surface area contributed by atoms with Gasteiger partial charge in [0.1, 0.15) is 4.90 Å². The van der Waals surface area contributed by atoms with Crippen LogP contribution in [0.2, 0.25) is 0 Å². The number of halogens is 5. The van der Waals surface area contributed by atoms with Gasteiger partial charge in [-0.3, -0.25) is 10.1 Å². The molecule has 1 aromatic carbocycles. The van der Waals surface area contributed by atoms with Crippen LogP contribution in [-0.2, 0) is 9.05 Å². The van der Waals surface area contributed by atoms with E-state index in [1.165, 1.54) is 0 Å². The normalized spacial score (nSPS) is 11.9. The molecule has 0 aliphatic heterocycles. The highest BCUT2D eigenvalue weighted by Crippen LogP contribution is 2.42. The predicted octanol–water partition coefficient (Wildman–Crippen LogP) is 3.06.